The van der Waals surface area contributed by atoms with E-state index in [0.717, 1.165) is 11.4 Å². The minimum Gasteiger partial charge on any atom is -0.481 e. The van der Waals surface area contributed by atoms with Gasteiger partial charge >= 0.3 is 11.9 Å². The first kappa shape index (κ1) is 31.9. The molecule has 47 heavy (non-hydrogen) atoms. The second-order valence-electron chi connectivity index (χ2n) is 13.6. The standard InChI is InChI=1S/C42H41NO4/c1-41(2)34(32(23-25-37(44)45)33-22-20-28-14-10-12-16-30(28)39(33)41)18-8-6-5-7-9-19-36-42(3,4)40-31-17-13-11-15-29(31)21-24-35(40)43(36)27-26-38(46)47/h5-22,24,32H,23,25-27H2,1-4H3,(H-,44,45,46,47)/p+1. The molecule has 4 aromatic rings. The lowest BCUT2D eigenvalue weighted by atomic mass is 9.78. The number of hydrogen-bond donors (Lipinski definition) is 2. The first-order valence-corrected chi connectivity index (χ1v) is 16.4. The first-order valence-electron chi connectivity index (χ1n) is 16.4. The Kier molecular flexibility index (Phi) is 8.59. The molecule has 2 aliphatic rings. The van der Waals surface area contributed by atoms with Crippen molar-refractivity contribution in [2.75, 3.05) is 6.54 Å². The predicted molar refractivity (Wildman–Crippen MR) is 191 cm³/mol. The van der Waals surface area contributed by atoms with Crippen molar-refractivity contribution in [2.45, 2.75) is 63.7 Å². The Hall–Kier alpha value is -5.03. The molecule has 0 bridgehead atoms. The van der Waals surface area contributed by atoms with Crippen molar-refractivity contribution in [3.8, 4) is 0 Å². The van der Waals surface area contributed by atoms with Crippen molar-refractivity contribution in [1.82, 2.24) is 0 Å². The van der Waals surface area contributed by atoms with Crippen LogP contribution < -0.4 is 0 Å². The van der Waals surface area contributed by atoms with E-state index in [0.29, 0.717) is 13.0 Å². The highest BCUT2D eigenvalue weighted by atomic mass is 16.4. The maximum Gasteiger partial charge on any atom is 0.309 e. The van der Waals surface area contributed by atoms with Crippen molar-refractivity contribution in [1.29, 1.82) is 0 Å². The maximum atomic E-state index is 11.6. The molecule has 1 aliphatic carbocycles. The largest absolute Gasteiger partial charge is 0.481 e. The molecular weight excluding hydrogens is 582 g/mol. The van der Waals surface area contributed by atoms with Gasteiger partial charge in [0, 0.05) is 35.5 Å². The van der Waals surface area contributed by atoms with E-state index < -0.39 is 11.9 Å². The van der Waals surface area contributed by atoms with Crippen LogP contribution in [0.1, 0.15) is 69.6 Å². The summed E-state index contributed by atoms with van der Waals surface area (Å²) in [5.41, 5.74) is 6.56. The van der Waals surface area contributed by atoms with Gasteiger partial charge in [0.15, 0.2) is 12.3 Å². The van der Waals surface area contributed by atoms with E-state index in [4.69, 9.17) is 0 Å². The molecule has 0 aromatic heterocycles. The number of aliphatic carboxylic acids is 2. The zero-order valence-electron chi connectivity index (χ0n) is 27.5. The monoisotopic (exact) mass is 624 g/mol. The van der Waals surface area contributed by atoms with Gasteiger partial charge < -0.3 is 10.2 Å². The van der Waals surface area contributed by atoms with Crippen molar-refractivity contribution < 1.29 is 24.4 Å². The minimum atomic E-state index is -0.813. The van der Waals surface area contributed by atoms with E-state index in [-0.39, 0.29) is 29.6 Å². The molecule has 1 aliphatic heterocycles. The summed E-state index contributed by atoms with van der Waals surface area (Å²) in [7, 11) is 0. The van der Waals surface area contributed by atoms with Gasteiger partial charge in [-0.05, 0) is 59.0 Å². The van der Waals surface area contributed by atoms with E-state index in [1.54, 1.807) is 0 Å². The third-order valence-corrected chi connectivity index (χ3v) is 9.98. The molecule has 5 heteroatoms. The summed E-state index contributed by atoms with van der Waals surface area (Å²) < 4.78 is 2.15. The van der Waals surface area contributed by atoms with Crippen LogP contribution in [-0.2, 0) is 20.4 Å². The number of carbonyl (C=O) groups is 2. The van der Waals surface area contributed by atoms with Crippen LogP contribution in [0, 0.1) is 0 Å². The average molecular weight is 625 g/mol. The summed E-state index contributed by atoms with van der Waals surface area (Å²) in [5, 5.41) is 23.8. The van der Waals surface area contributed by atoms with Crippen molar-refractivity contribution in [3.05, 3.63) is 138 Å². The van der Waals surface area contributed by atoms with Gasteiger partial charge in [-0.25, -0.2) is 0 Å². The molecule has 4 aromatic carbocycles. The lowest BCUT2D eigenvalue weighted by Gasteiger charge is -2.25. The van der Waals surface area contributed by atoms with Gasteiger partial charge in [0.2, 0.25) is 5.69 Å². The molecule has 1 unspecified atom stereocenters. The number of carboxylic acids is 2. The van der Waals surface area contributed by atoms with E-state index in [1.807, 2.05) is 30.4 Å². The van der Waals surface area contributed by atoms with Crippen LogP contribution in [0.15, 0.2) is 121 Å². The molecule has 1 atom stereocenters. The summed E-state index contributed by atoms with van der Waals surface area (Å²) in [6.07, 6.45) is 15.1. The van der Waals surface area contributed by atoms with E-state index in [2.05, 4.69) is 117 Å². The molecule has 0 fully saturated rings. The van der Waals surface area contributed by atoms with Crippen molar-refractivity contribution >= 4 is 44.9 Å². The topological polar surface area (TPSA) is 77.6 Å². The van der Waals surface area contributed by atoms with Crippen LogP contribution in [-0.4, -0.2) is 39.0 Å². The summed E-state index contributed by atoms with van der Waals surface area (Å²) in [4.78, 5) is 23.1. The molecular formula is C42H42NO4+. The third kappa shape index (κ3) is 5.87. The van der Waals surface area contributed by atoms with Gasteiger partial charge in [-0.15, -0.1) is 0 Å². The molecule has 1 heterocycles. The maximum absolute atomic E-state index is 11.6. The van der Waals surface area contributed by atoms with E-state index >= 15 is 0 Å². The van der Waals surface area contributed by atoms with Gasteiger partial charge in [0.05, 0.1) is 5.41 Å². The van der Waals surface area contributed by atoms with Crippen molar-refractivity contribution in [3.63, 3.8) is 0 Å². The Bertz CT molecular complexity index is 2050. The van der Waals surface area contributed by atoms with Gasteiger partial charge in [0.25, 0.3) is 0 Å². The summed E-state index contributed by atoms with van der Waals surface area (Å²) in [5.74, 6) is -1.54. The molecule has 5 nitrogen and oxygen atoms in total. The van der Waals surface area contributed by atoms with Crippen LogP contribution in [0.2, 0.25) is 0 Å². The van der Waals surface area contributed by atoms with Gasteiger partial charge in [-0.2, -0.15) is 4.58 Å². The minimum absolute atomic E-state index is 0.0460. The number of benzene rings is 4. The fourth-order valence-electron chi connectivity index (χ4n) is 7.91. The quantitative estimate of drug-likeness (QED) is 0.136. The Morgan fingerprint density at radius 1 is 0.702 bits per heavy atom. The van der Waals surface area contributed by atoms with Gasteiger partial charge in [0.1, 0.15) is 6.42 Å². The molecule has 238 valence electrons. The molecule has 2 N–H and O–H groups in total. The number of allylic oxidation sites excluding steroid dienone is 8. The Labute approximate surface area is 276 Å². The molecule has 0 radical (unpaired) electrons. The number of carboxylic acid groups (broad SMARTS) is 2. The molecule has 0 amide bonds. The summed E-state index contributed by atoms with van der Waals surface area (Å²) >= 11 is 0. The zero-order chi connectivity index (χ0) is 33.3. The molecule has 0 spiro atoms. The average Bonchev–Trinajstić information content (AvgIpc) is 3.40. The predicted octanol–water partition coefficient (Wildman–Crippen LogP) is 9.38. The molecule has 0 saturated heterocycles. The fraction of sp³-hybridized carbons (Fsp3) is 0.262. The third-order valence-electron chi connectivity index (χ3n) is 9.98. The second kappa shape index (κ2) is 12.6. The second-order valence-corrected chi connectivity index (χ2v) is 13.6. The van der Waals surface area contributed by atoms with Crippen LogP contribution in [0.5, 0.6) is 0 Å². The summed E-state index contributed by atoms with van der Waals surface area (Å²) in [6.45, 7) is 9.31. The van der Waals surface area contributed by atoms with Crippen LogP contribution in [0.3, 0.4) is 0 Å². The Morgan fingerprint density at radius 2 is 1.30 bits per heavy atom. The number of nitrogens with zero attached hydrogens (tertiary/aromatic N) is 1. The zero-order valence-corrected chi connectivity index (χ0v) is 27.5. The highest BCUT2D eigenvalue weighted by molar-refractivity contribution is 6.07. The number of rotatable bonds is 10. The van der Waals surface area contributed by atoms with Gasteiger partial charge in [-0.1, -0.05) is 117 Å². The first-order chi connectivity index (χ1) is 22.5. The molecule has 6 rings (SSSR count). The van der Waals surface area contributed by atoms with Crippen LogP contribution >= 0.6 is 0 Å². The highest BCUT2D eigenvalue weighted by Crippen LogP contribution is 2.54. The number of hydrogen-bond acceptors (Lipinski definition) is 2. The Morgan fingerprint density at radius 3 is 1.98 bits per heavy atom. The van der Waals surface area contributed by atoms with Crippen LogP contribution in [0.4, 0.5) is 5.69 Å². The lowest BCUT2D eigenvalue weighted by molar-refractivity contribution is -0.436. The highest BCUT2D eigenvalue weighted by Gasteiger charge is 2.45. The van der Waals surface area contributed by atoms with E-state index in [1.165, 1.54) is 43.8 Å². The normalized spacial score (nSPS) is 19.1. The van der Waals surface area contributed by atoms with E-state index in [9.17, 15) is 19.8 Å². The summed E-state index contributed by atoms with van der Waals surface area (Å²) in [6, 6.07) is 25.4. The smallest absolute Gasteiger partial charge is 0.309 e. The van der Waals surface area contributed by atoms with Crippen molar-refractivity contribution in [2.24, 2.45) is 0 Å². The SMILES string of the molecule is CC1(C)C(=CC=CC=CC=CC2=[N+](CCC(=O)O)c3ccc4ccccc4c3C2(C)C)C(CCC(=O)O)c2ccc3ccccc3c21. The van der Waals surface area contributed by atoms with Gasteiger partial charge in [-0.3, -0.25) is 9.59 Å². The molecule has 0 saturated carbocycles. The lowest BCUT2D eigenvalue weighted by Crippen LogP contribution is -2.28. The fourth-order valence-corrected chi connectivity index (χ4v) is 7.91. The Balaban J connectivity index is 1.28. The van der Waals surface area contributed by atoms with Crippen LogP contribution in [0.25, 0.3) is 21.5 Å². The number of fused-ring (bicyclic) bond motifs is 6.